The van der Waals surface area contributed by atoms with E-state index in [1.54, 1.807) is 18.3 Å². The first kappa shape index (κ1) is 18.2. The summed E-state index contributed by atoms with van der Waals surface area (Å²) in [6, 6.07) is 16.2. The maximum absolute atomic E-state index is 12.9. The number of rotatable bonds is 5. The van der Waals surface area contributed by atoms with E-state index in [1.165, 1.54) is 16.2 Å². The summed E-state index contributed by atoms with van der Waals surface area (Å²) >= 11 is 0. The third-order valence-electron chi connectivity index (χ3n) is 3.45. The van der Waals surface area contributed by atoms with Crippen molar-refractivity contribution in [2.45, 2.75) is 11.6 Å². The van der Waals surface area contributed by atoms with Crippen LogP contribution in [0.5, 0.6) is 0 Å². The number of aromatic nitrogens is 2. The number of pyridine rings is 1. The zero-order chi connectivity index (χ0) is 16.3. The molecule has 1 aromatic carbocycles. The molecule has 0 aliphatic carbocycles. The van der Waals surface area contributed by atoms with E-state index >= 15 is 0 Å². The molecular formula is C17H18ClN3O2S. The molecule has 3 aromatic rings. The van der Waals surface area contributed by atoms with Crippen LogP contribution in [0.4, 0.5) is 0 Å². The lowest BCUT2D eigenvalue weighted by Gasteiger charge is -2.09. The van der Waals surface area contributed by atoms with E-state index in [-0.39, 0.29) is 17.4 Å². The molecule has 2 aromatic heterocycles. The first-order valence-corrected chi connectivity index (χ1v) is 8.65. The highest BCUT2D eigenvalue weighted by Gasteiger charge is 2.22. The van der Waals surface area contributed by atoms with Gasteiger partial charge in [0.25, 0.3) is 10.0 Å². The third-order valence-corrected chi connectivity index (χ3v) is 5.04. The summed E-state index contributed by atoms with van der Waals surface area (Å²) in [5.41, 5.74) is 2.36. The Bertz CT molecular complexity index is 894. The number of nitrogens with zero attached hydrogens (tertiary/aromatic N) is 2. The number of nitrogens with one attached hydrogen (secondary N) is 1. The molecule has 3 rings (SSSR count). The molecule has 126 valence electrons. The van der Waals surface area contributed by atoms with E-state index in [9.17, 15) is 8.42 Å². The van der Waals surface area contributed by atoms with Crippen LogP contribution in [0, 0.1) is 0 Å². The topological polar surface area (TPSA) is 64.0 Å². The van der Waals surface area contributed by atoms with Gasteiger partial charge in [-0.2, -0.15) is 8.42 Å². The average molecular weight is 364 g/mol. The van der Waals surface area contributed by atoms with Crippen LogP contribution in [-0.4, -0.2) is 24.4 Å². The van der Waals surface area contributed by atoms with Crippen LogP contribution in [0.1, 0.15) is 5.56 Å². The lowest BCUT2D eigenvalue weighted by atomic mass is 10.1. The van der Waals surface area contributed by atoms with Gasteiger partial charge in [-0.25, -0.2) is 8.96 Å². The van der Waals surface area contributed by atoms with Gasteiger partial charge in [0, 0.05) is 18.9 Å². The van der Waals surface area contributed by atoms with Crippen LogP contribution < -0.4 is 5.32 Å². The molecule has 0 spiro atoms. The maximum Gasteiger partial charge on any atom is 0.285 e. The second-order valence-corrected chi connectivity index (χ2v) is 6.86. The minimum Gasteiger partial charge on any atom is -0.316 e. The molecule has 0 atom stereocenters. The predicted octanol–water partition coefficient (Wildman–Crippen LogP) is 2.93. The van der Waals surface area contributed by atoms with Crippen molar-refractivity contribution in [3.05, 3.63) is 72.6 Å². The summed E-state index contributed by atoms with van der Waals surface area (Å²) in [7, 11) is -1.91. The Hall–Kier alpha value is -2.15. The molecule has 5 nitrogen and oxygen atoms in total. The fourth-order valence-corrected chi connectivity index (χ4v) is 3.75. The Morgan fingerprint density at radius 2 is 1.79 bits per heavy atom. The van der Waals surface area contributed by atoms with Crippen LogP contribution in [0.2, 0.25) is 0 Å². The monoisotopic (exact) mass is 363 g/mol. The van der Waals surface area contributed by atoms with E-state index in [2.05, 4.69) is 10.3 Å². The molecule has 0 saturated carbocycles. The van der Waals surface area contributed by atoms with Crippen molar-refractivity contribution in [3.63, 3.8) is 0 Å². The lowest BCUT2D eigenvalue weighted by Crippen LogP contribution is -2.14. The van der Waals surface area contributed by atoms with Crippen molar-refractivity contribution >= 4 is 22.4 Å². The Labute approximate surface area is 147 Å². The van der Waals surface area contributed by atoms with Crippen LogP contribution >= 0.6 is 12.4 Å². The van der Waals surface area contributed by atoms with Crippen molar-refractivity contribution in [2.24, 2.45) is 0 Å². The van der Waals surface area contributed by atoms with Crippen LogP contribution in [0.3, 0.4) is 0 Å². The van der Waals surface area contributed by atoms with Gasteiger partial charge in [0.1, 0.15) is 0 Å². The summed E-state index contributed by atoms with van der Waals surface area (Å²) in [5.74, 6) is 0. The molecule has 24 heavy (non-hydrogen) atoms. The van der Waals surface area contributed by atoms with E-state index in [4.69, 9.17) is 0 Å². The van der Waals surface area contributed by atoms with Crippen molar-refractivity contribution < 1.29 is 8.42 Å². The molecule has 7 heteroatoms. The highest BCUT2D eigenvalue weighted by Crippen LogP contribution is 2.26. The van der Waals surface area contributed by atoms with E-state index in [1.807, 2.05) is 43.4 Å². The van der Waals surface area contributed by atoms with Crippen molar-refractivity contribution in [3.8, 4) is 11.3 Å². The molecule has 0 saturated heterocycles. The fourth-order valence-electron chi connectivity index (χ4n) is 2.42. The van der Waals surface area contributed by atoms with E-state index in [0.29, 0.717) is 12.2 Å². The smallest absolute Gasteiger partial charge is 0.285 e. The molecule has 0 radical (unpaired) electrons. The minimum absolute atomic E-state index is 0. The van der Waals surface area contributed by atoms with Gasteiger partial charge in [-0.3, -0.25) is 0 Å². The van der Waals surface area contributed by atoms with E-state index < -0.39 is 10.0 Å². The third kappa shape index (κ3) is 3.51. The van der Waals surface area contributed by atoms with Crippen LogP contribution in [0.15, 0.2) is 72.0 Å². The summed E-state index contributed by atoms with van der Waals surface area (Å²) < 4.78 is 27.2. The number of halogens is 1. The molecular weight excluding hydrogens is 346 g/mol. The van der Waals surface area contributed by atoms with Crippen LogP contribution in [-0.2, 0) is 16.6 Å². The molecule has 0 aliphatic rings. The molecule has 0 aliphatic heterocycles. The van der Waals surface area contributed by atoms with Gasteiger partial charge >= 0.3 is 0 Å². The summed E-state index contributed by atoms with van der Waals surface area (Å²) in [6.07, 6.45) is 3.12. The summed E-state index contributed by atoms with van der Waals surface area (Å²) in [5, 5.41) is 3.07. The quantitative estimate of drug-likeness (QED) is 0.757. The maximum atomic E-state index is 12.9. The van der Waals surface area contributed by atoms with Gasteiger partial charge in [-0.15, -0.1) is 12.4 Å². The molecule has 0 fully saturated rings. The Balaban J connectivity index is 0.00000208. The largest absolute Gasteiger partial charge is 0.316 e. The van der Waals surface area contributed by atoms with E-state index in [0.717, 1.165) is 11.1 Å². The SMILES string of the molecule is CNCc1cc(-c2ccccc2)n(S(=O)(=O)c2ccccn2)c1.Cl. The van der Waals surface area contributed by atoms with Crippen molar-refractivity contribution in [1.82, 2.24) is 14.3 Å². The fraction of sp³-hybridized carbons (Fsp3) is 0.118. The Kier molecular flexibility index (Phi) is 5.77. The predicted molar refractivity (Wildman–Crippen MR) is 96.7 cm³/mol. The highest BCUT2D eigenvalue weighted by molar-refractivity contribution is 7.90. The molecule has 2 heterocycles. The molecule has 0 bridgehead atoms. The van der Waals surface area contributed by atoms with Gasteiger partial charge in [-0.1, -0.05) is 36.4 Å². The van der Waals surface area contributed by atoms with Crippen molar-refractivity contribution in [1.29, 1.82) is 0 Å². The molecule has 0 amide bonds. The number of benzene rings is 1. The van der Waals surface area contributed by atoms with Crippen LogP contribution in [0.25, 0.3) is 11.3 Å². The standard InChI is InChI=1S/C17H17N3O2S.ClH/c1-18-12-14-11-16(15-7-3-2-4-8-15)20(13-14)23(21,22)17-9-5-6-10-19-17;/h2-11,13,18H,12H2,1H3;1H. The second-order valence-electron chi connectivity index (χ2n) is 5.10. The molecule has 1 N–H and O–H groups in total. The zero-order valence-corrected chi connectivity index (χ0v) is 14.7. The first-order chi connectivity index (χ1) is 11.1. The molecule has 0 unspecified atom stereocenters. The van der Waals surface area contributed by atoms with Gasteiger partial charge in [0.2, 0.25) is 0 Å². The minimum atomic E-state index is -3.74. The normalized spacial score (nSPS) is 11.0. The van der Waals surface area contributed by atoms with Gasteiger partial charge in [-0.05, 0) is 36.4 Å². The Morgan fingerprint density at radius 1 is 1.08 bits per heavy atom. The lowest BCUT2D eigenvalue weighted by molar-refractivity contribution is 0.584. The number of hydrogen-bond acceptors (Lipinski definition) is 4. The summed E-state index contributed by atoms with van der Waals surface area (Å²) in [6.45, 7) is 0.588. The number of hydrogen-bond donors (Lipinski definition) is 1. The van der Waals surface area contributed by atoms with Gasteiger partial charge in [0.15, 0.2) is 5.03 Å². The van der Waals surface area contributed by atoms with Gasteiger partial charge in [0.05, 0.1) is 5.69 Å². The first-order valence-electron chi connectivity index (χ1n) is 7.21. The van der Waals surface area contributed by atoms with Gasteiger partial charge < -0.3 is 5.32 Å². The highest BCUT2D eigenvalue weighted by atomic mass is 35.5. The second kappa shape index (κ2) is 7.61. The summed E-state index contributed by atoms with van der Waals surface area (Å²) in [4.78, 5) is 3.99. The average Bonchev–Trinajstić information content (AvgIpc) is 3.02. The van der Waals surface area contributed by atoms with Crippen molar-refractivity contribution in [2.75, 3.05) is 7.05 Å². The Morgan fingerprint density at radius 3 is 2.42 bits per heavy atom. The zero-order valence-electron chi connectivity index (χ0n) is 13.1.